The maximum atomic E-state index is 12.7. The Labute approximate surface area is 195 Å². The Bertz CT molecular complexity index is 1120. The molecular weight excluding hydrogens is 444 g/mol. The Morgan fingerprint density at radius 2 is 2.06 bits per heavy atom. The zero-order chi connectivity index (χ0) is 23.1. The molecule has 0 atom stereocenters. The third-order valence-electron chi connectivity index (χ3n) is 4.63. The summed E-state index contributed by atoms with van der Waals surface area (Å²) in [4.78, 5) is 25.9. The number of esters is 1. The molecule has 0 radical (unpaired) electrons. The fourth-order valence-corrected chi connectivity index (χ4v) is 4.82. The maximum Gasteiger partial charge on any atom is 0.341 e. The number of aryl methyl sites for hydroxylation is 2. The van der Waals surface area contributed by atoms with Crippen LogP contribution in [0.5, 0.6) is 0 Å². The highest BCUT2D eigenvalue weighted by atomic mass is 32.2. The number of nitrogens with one attached hydrogen (secondary N) is 1. The normalized spacial score (nSPS) is 10.7. The number of carbonyl (C=O) groups is 2. The molecule has 1 N–H and O–H groups in total. The molecule has 0 unspecified atom stereocenters. The molecular formula is C23H26N4O3S2. The Kier molecular flexibility index (Phi) is 8.24. The van der Waals surface area contributed by atoms with E-state index in [4.69, 9.17) is 4.74 Å². The van der Waals surface area contributed by atoms with E-state index in [0.29, 0.717) is 22.3 Å². The average molecular weight is 471 g/mol. The first-order valence-corrected chi connectivity index (χ1v) is 12.1. The predicted octanol–water partition coefficient (Wildman–Crippen LogP) is 4.97. The van der Waals surface area contributed by atoms with Gasteiger partial charge >= 0.3 is 5.97 Å². The van der Waals surface area contributed by atoms with Gasteiger partial charge in [-0.15, -0.1) is 28.1 Å². The SMILES string of the molecule is C=CCn1c(SCC(=O)Nc2sc(CC)cc2C(=O)OCC)nnc1-c1ccccc1C. The van der Waals surface area contributed by atoms with E-state index >= 15 is 0 Å². The molecule has 0 fully saturated rings. The second kappa shape index (κ2) is 11.1. The summed E-state index contributed by atoms with van der Waals surface area (Å²) in [5, 5.41) is 12.6. The molecule has 0 saturated heterocycles. The Hall–Kier alpha value is -2.91. The number of benzene rings is 1. The van der Waals surface area contributed by atoms with E-state index in [9.17, 15) is 9.59 Å². The quantitative estimate of drug-likeness (QED) is 0.256. The zero-order valence-electron chi connectivity index (χ0n) is 18.4. The van der Waals surface area contributed by atoms with Crippen molar-refractivity contribution in [2.75, 3.05) is 17.7 Å². The predicted molar refractivity (Wildman–Crippen MR) is 129 cm³/mol. The van der Waals surface area contributed by atoms with E-state index in [-0.39, 0.29) is 18.3 Å². The number of nitrogens with zero attached hydrogens (tertiary/aromatic N) is 3. The van der Waals surface area contributed by atoms with Crippen molar-refractivity contribution in [3.8, 4) is 11.4 Å². The van der Waals surface area contributed by atoms with Crippen LogP contribution in [0.25, 0.3) is 11.4 Å². The number of thioether (sulfide) groups is 1. The number of amides is 1. The first kappa shape index (κ1) is 23.7. The van der Waals surface area contributed by atoms with Crippen LogP contribution in [0.2, 0.25) is 0 Å². The van der Waals surface area contributed by atoms with Gasteiger partial charge in [-0.1, -0.05) is 49.0 Å². The van der Waals surface area contributed by atoms with Gasteiger partial charge < -0.3 is 10.1 Å². The van der Waals surface area contributed by atoms with Crippen molar-refractivity contribution in [2.24, 2.45) is 0 Å². The lowest BCUT2D eigenvalue weighted by molar-refractivity contribution is -0.113. The molecule has 3 aromatic rings. The first-order chi connectivity index (χ1) is 15.5. The number of hydrogen-bond acceptors (Lipinski definition) is 7. The number of carbonyl (C=O) groups excluding carboxylic acids is 2. The Balaban J connectivity index is 1.75. The molecule has 3 rings (SSSR count). The molecule has 9 heteroatoms. The summed E-state index contributed by atoms with van der Waals surface area (Å²) in [6, 6.07) is 9.74. The molecule has 0 bridgehead atoms. The molecule has 0 saturated carbocycles. The molecule has 1 aromatic carbocycles. The van der Waals surface area contributed by atoms with Crippen LogP contribution in [-0.4, -0.2) is 39.0 Å². The summed E-state index contributed by atoms with van der Waals surface area (Å²) >= 11 is 2.68. The standard InChI is InChI=1S/C23H26N4O3S2/c1-5-12-27-20(17-11-9-8-10-15(17)4)25-26-23(27)31-14-19(28)24-21-18(22(29)30-7-3)13-16(6-2)32-21/h5,8-11,13H,1,6-7,12,14H2,2-4H3,(H,24,28). The molecule has 32 heavy (non-hydrogen) atoms. The van der Waals surface area contributed by atoms with Crippen LogP contribution in [0.3, 0.4) is 0 Å². The number of ether oxygens (including phenoxy) is 1. The van der Waals surface area contributed by atoms with Crippen LogP contribution in [0.1, 0.15) is 34.6 Å². The van der Waals surface area contributed by atoms with Crippen LogP contribution in [-0.2, 0) is 22.5 Å². The van der Waals surface area contributed by atoms with E-state index in [1.54, 1.807) is 19.1 Å². The van der Waals surface area contributed by atoms with Crippen molar-refractivity contribution in [2.45, 2.75) is 38.9 Å². The van der Waals surface area contributed by atoms with Gasteiger partial charge in [0.1, 0.15) is 5.00 Å². The minimum atomic E-state index is -0.431. The zero-order valence-corrected chi connectivity index (χ0v) is 20.0. The van der Waals surface area contributed by atoms with Crippen LogP contribution in [0.4, 0.5) is 5.00 Å². The van der Waals surface area contributed by atoms with E-state index in [1.807, 2.05) is 42.7 Å². The second-order valence-corrected chi connectivity index (χ2v) is 8.97. The highest BCUT2D eigenvalue weighted by molar-refractivity contribution is 7.99. The Morgan fingerprint density at radius 3 is 2.75 bits per heavy atom. The van der Waals surface area contributed by atoms with Crippen LogP contribution < -0.4 is 5.32 Å². The number of aromatic nitrogens is 3. The van der Waals surface area contributed by atoms with Gasteiger partial charge in [0, 0.05) is 17.0 Å². The van der Waals surface area contributed by atoms with E-state index in [0.717, 1.165) is 28.2 Å². The number of hydrogen-bond donors (Lipinski definition) is 1. The van der Waals surface area contributed by atoms with Crippen molar-refractivity contribution in [1.82, 2.24) is 14.8 Å². The highest BCUT2D eigenvalue weighted by Gasteiger charge is 2.20. The lowest BCUT2D eigenvalue weighted by Crippen LogP contribution is -2.16. The minimum absolute atomic E-state index is 0.130. The molecule has 0 aliphatic rings. The summed E-state index contributed by atoms with van der Waals surface area (Å²) < 4.78 is 7.06. The van der Waals surface area contributed by atoms with Gasteiger partial charge in [-0.05, 0) is 31.9 Å². The number of allylic oxidation sites excluding steroid dienone is 1. The monoisotopic (exact) mass is 470 g/mol. The lowest BCUT2D eigenvalue weighted by Gasteiger charge is -2.09. The van der Waals surface area contributed by atoms with E-state index < -0.39 is 5.97 Å². The van der Waals surface area contributed by atoms with Crippen molar-refractivity contribution in [3.05, 3.63) is 59.0 Å². The summed E-state index contributed by atoms with van der Waals surface area (Å²) in [5.74, 6) is 0.210. The summed E-state index contributed by atoms with van der Waals surface area (Å²) in [7, 11) is 0. The van der Waals surface area contributed by atoms with E-state index in [1.165, 1.54) is 23.1 Å². The fraction of sp³-hybridized carbons (Fsp3) is 0.304. The van der Waals surface area contributed by atoms with Gasteiger partial charge in [0.15, 0.2) is 11.0 Å². The van der Waals surface area contributed by atoms with Gasteiger partial charge in [0.25, 0.3) is 0 Å². The number of thiophene rings is 1. The van der Waals surface area contributed by atoms with Crippen molar-refractivity contribution >= 4 is 40.0 Å². The summed E-state index contributed by atoms with van der Waals surface area (Å²) in [5.41, 5.74) is 2.47. The Morgan fingerprint density at radius 1 is 1.28 bits per heavy atom. The highest BCUT2D eigenvalue weighted by Crippen LogP contribution is 2.30. The van der Waals surface area contributed by atoms with Gasteiger partial charge in [0.2, 0.25) is 5.91 Å². The molecule has 7 nitrogen and oxygen atoms in total. The third-order valence-corrected chi connectivity index (χ3v) is 6.79. The summed E-state index contributed by atoms with van der Waals surface area (Å²) in [6.07, 6.45) is 2.55. The smallest absolute Gasteiger partial charge is 0.341 e. The molecule has 0 spiro atoms. The molecule has 0 aliphatic heterocycles. The van der Waals surface area contributed by atoms with Crippen LogP contribution in [0.15, 0.2) is 48.1 Å². The largest absolute Gasteiger partial charge is 0.462 e. The average Bonchev–Trinajstić information content (AvgIpc) is 3.37. The molecule has 168 valence electrons. The fourth-order valence-electron chi connectivity index (χ4n) is 3.07. The third kappa shape index (κ3) is 5.46. The van der Waals surface area contributed by atoms with Gasteiger partial charge in [-0.2, -0.15) is 0 Å². The first-order valence-electron chi connectivity index (χ1n) is 10.3. The van der Waals surface area contributed by atoms with Crippen molar-refractivity contribution in [3.63, 3.8) is 0 Å². The molecule has 1 amide bonds. The molecule has 0 aliphatic carbocycles. The molecule has 2 aromatic heterocycles. The van der Waals surface area contributed by atoms with Crippen molar-refractivity contribution < 1.29 is 14.3 Å². The van der Waals surface area contributed by atoms with Crippen LogP contribution >= 0.6 is 23.1 Å². The van der Waals surface area contributed by atoms with Crippen molar-refractivity contribution in [1.29, 1.82) is 0 Å². The lowest BCUT2D eigenvalue weighted by atomic mass is 10.1. The topological polar surface area (TPSA) is 86.1 Å². The summed E-state index contributed by atoms with van der Waals surface area (Å²) in [6.45, 7) is 10.4. The number of rotatable bonds is 10. The minimum Gasteiger partial charge on any atom is -0.462 e. The second-order valence-electron chi connectivity index (χ2n) is 6.89. The maximum absolute atomic E-state index is 12.7. The number of anilines is 1. The van der Waals surface area contributed by atoms with Crippen LogP contribution in [0, 0.1) is 6.92 Å². The van der Waals surface area contributed by atoms with E-state index in [2.05, 4.69) is 22.1 Å². The van der Waals surface area contributed by atoms with Gasteiger partial charge in [0.05, 0.1) is 17.9 Å². The molecule has 2 heterocycles. The van der Waals surface area contributed by atoms with Gasteiger partial charge in [-0.25, -0.2) is 4.79 Å². The van der Waals surface area contributed by atoms with Gasteiger partial charge in [-0.3, -0.25) is 9.36 Å².